The summed E-state index contributed by atoms with van der Waals surface area (Å²) in [7, 11) is 3.48. The Hall–Kier alpha value is -1.99. The van der Waals surface area contributed by atoms with Crippen LogP contribution in [0.1, 0.15) is 78.1 Å². The molecule has 4 saturated carbocycles. The zero-order valence-corrected chi connectivity index (χ0v) is 23.6. The van der Waals surface area contributed by atoms with Gasteiger partial charge >= 0.3 is 0 Å². The molecule has 8 atom stereocenters. The molecule has 0 bridgehead atoms. The minimum absolute atomic E-state index is 0.0573. The van der Waals surface area contributed by atoms with Crippen LogP contribution in [0, 0.1) is 40.4 Å². The Balaban J connectivity index is 1.23. The molecule has 38 heavy (non-hydrogen) atoms. The predicted molar refractivity (Wildman–Crippen MR) is 146 cm³/mol. The van der Waals surface area contributed by atoms with Gasteiger partial charge in [0.05, 0.1) is 18.2 Å². The highest BCUT2D eigenvalue weighted by Gasteiger charge is 2.62. The maximum Gasteiger partial charge on any atom is 0.157 e. The molecular formula is C31H45N3O4. The molecule has 208 valence electrons. The highest BCUT2D eigenvalue weighted by molar-refractivity contribution is 5.84. The first-order valence-electron chi connectivity index (χ1n) is 14.8. The monoisotopic (exact) mass is 523 g/mol. The molecule has 0 radical (unpaired) electrons. The molecule has 7 heteroatoms. The van der Waals surface area contributed by atoms with Crippen molar-refractivity contribution in [1.29, 1.82) is 0 Å². The molecule has 7 nitrogen and oxygen atoms in total. The zero-order valence-electron chi connectivity index (χ0n) is 23.6. The van der Waals surface area contributed by atoms with Crippen LogP contribution in [0.2, 0.25) is 0 Å². The van der Waals surface area contributed by atoms with Gasteiger partial charge in [-0.25, -0.2) is 4.68 Å². The number of carbonyl (C=O) groups is 1. The third-order valence-electron chi connectivity index (χ3n) is 11.8. The van der Waals surface area contributed by atoms with Crippen molar-refractivity contribution in [3.63, 3.8) is 0 Å². The molecule has 1 heterocycles. The first-order valence-corrected chi connectivity index (χ1v) is 14.8. The van der Waals surface area contributed by atoms with Crippen molar-refractivity contribution in [1.82, 2.24) is 15.0 Å². The van der Waals surface area contributed by atoms with Crippen molar-refractivity contribution < 1.29 is 19.4 Å². The first-order chi connectivity index (χ1) is 18.2. The Kier molecular flexibility index (Phi) is 6.62. The fourth-order valence-electron chi connectivity index (χ4n) is 10.00. The van der Waals surface area contributed by atoms with Gasteiger partial charge in [-0.1, -0.05) is 12.1 Å². The molecule has 1 aromatic carbocycles. The van der Waals surface area contributed by atoms with Gasteiger partial charge in [0.25, 0.3) is 0 Å². The van der Waals surface area contributed by atoms with Gasteiger partial charge in [-0.3, -0.25) is 4.79 Å². The Labute approximate surface area is 226 Å². The molecule has 1 aromatic heterocycles. The van der Waals surface area contributed by atoms with Crippen LogP contribution >= 0.6 is 0 Å². The molecule has 0 spiro atoms. The Morgan fingerprint density at radius 2 is 1.92 bits per heavy atom. The average molecular weight is 524 g/mol. The second kappa shape index (κ2) is 9.58. The molecule has 4 fully saturated rings. The number of fused-ring (bicyclic) bond motifs is 6. The van der Waals surface area contributed by atoms with E-state index >= 15 is 0 Å². The van der Waals surface area contributed by atoms with Crippen molar-refractivity contribution in [3.8, 4) is 5.75 Å². The van der Waals surface area contributed by atoms with Crippen molar-refractivity contribution in [2.75, 3.05) is 20.8 Å². The standard InChI is InChI=1S/C31H45N3O4/c1-29(36)13-14-31(15-16-37-3)20(18-29)5-7-22-23-8-9-25(30(23,2)12-11-24(22)31)28(35)19-34-27-17-21(38-4)6-10-26(27)32-33-34/h6,10,17,20,22-25,36H,5,7-9,11-16,18-19H2,1-4H3/t20-,22-,23-,24-,25+,29+,30-,31+/m0/s1. The molecule has 4 aliphatic carbocycles. The lowest BCUT2D eigenvalue weighted by Gasteiger charge is -2.63. The molecule has 4 aliphatic rings. The molecular weight excluding hydrogens is 478 g/mol. The topological polar surface area (TPSA) is 86.5 Å². The Morgan fingerprint density at radius 3 is 2.71 bits per heavy atom. The number of benzene rings is 1. The van der Waals surface area contributed by atoms with Gasteiger partial charge in [-0.15, -0.1) is 5.10 Å². The fourth-order valence-corrected chi connectivity index (χ4v) is 10.00. The third kappa shape index (κ3) is 4.11. The predicted octanol–water partition coefficient (Wildman–Crippen LogP) is 5.44. The maximum atomic E-state index is 13.9. The number of hydrogen-bond acceptors (Lipinski definition) is 6. The molecule has 0 amide bonds. The quantitative estimate of drug-likeness (QED) is 0.520. The number of aliphatic hydroxyl groups is 1. The van der Waals surface area contributed by atoms with E-state index in [2.05, 4.69) is 17.2 Å². The highest BCUT2D eigenvalue weighted by Crippen LogP contribution is 2.69. The lowest BCUT2D eigenvalue weighted by atomic mass is 9.42. The van der Waals surface area contributed by atoms with E-state index in [0.717, 1.165) is 68.3 Å². The van der Waals surface area contributed by atoms with E-state index < -0.39 is 5.60 Å². The summed E-state index contributed by atoms with van der Waals surface area (Å²) >= 11 is 0. The largest absolute Gasteiger partial charge is 0.497 e. The third-order valence-corrected chi connectivity index (χ3v) is 11.8. The average Bonchev–Trinajstić information content (AvgIpc) is 3.47. The Morgan fingerprint density at radius 1 is 1.08 bits per heavy atom. The number of methoxy groups -OCH3 is 2. The lowest BCUT2D eigenvalue weighted by Crippen LogP contribution is -2.57. The summed E-state index contributed by atoms with van der Waals surface area (Å²) in [4.78, 5) is 13.9. The SMILES string of the molecule is COCC[C@]12CC[C@@](C)(O)C[C@@H]1CC[C@H]1[C@@H]3CC[C@H](C(=O)Cn4nnc5ccc(OC)cc54)[C@@]3(C)CC[C@@H]12. The number of carbonyl (C=O) groups excluding carboxylic acids is 1. The number of ketones is 1. The first kappa shape index (κ1) is 26.2. The van der Waals surface area contributed by atoms with Crippen LogP contribution in [-0.2, 0) is 16.1 Å². The van der Waals surface area contributed by atoms with E-state index in [4.69, 9.17) is 9.47 Å². The van der Waals surface area contributed by atoms with Crippen molar-refractivity contribution in [3.05, 3.63) is 18.2 Å². The van der Waals surface area contributed by atoms with Gasteiger partial charge in [-0.2, -0.15) is 0 Å². The summed E-state index contributed by atoms with van der Waals surface area (Å²) in [5, 5.41) is 19.6. The normalized spacial score (nSPS) is 40.4. The zero-order chi connectivity index (χ0) is 26.7. The van der Waals surface area contributed by atoms with Gasteiger partial charge in [0.2, 0.25) is 0 Å². The van der Waals surface area contributed by atoms with E-state index in [-0.39, 0.29) is 23.3 Å². The summed E-state index contributed by atoms with van der Waals surface area (Å²) in [6.07, 6.45) is 11.0. The molecule has 1 N–H and O–H groups in total. The van der Waals surface area contributed by atoms with Crippen LogP contribution in [0.15, 0.2) is 18.2 Å². The van der Waals surface area contributed by atoms with Crippen molar-refractivity contribution in [2.45, 2.75) is 90.2 Å². The van der Waals surface area contributed by atoms with E-state index in [1.54, 1.807) is 11.8 Å². The van der Waals surface area contributed by atoms with Crippen LogP contribution in [0.25, 0.3) is 11.0 Å². The second-order valence-corrected chi connectivity index (χ2v) is 13.6. The number of ether oxygens (including phenoxy) is 2. The van der Waals surface area contributed by atoms with Crippen LogP contribution in [-0.4, -0.2) is 52.3 Å². The number of rotatable bonds is 7. The maximum absolute atomic E-state index is 13.9. The van der Waals surface area contributed by atoms with Crippen molar-refractivity contribution >= 4 is 16.8 Å². The molecule has 0 unspecified atom stereocenters. The van der Waals surface area contributed by atoms with E-state index in [1.807, 2.05) is 32.2 Å². The molecule has 0 saturated heterocycles. The van der Waals surface area contributed by atoms with Crippen LogP contribution in [0.5, 0.6) is 5.75 Å². The van der Waals surface area contributed by atoms with Gasteiger partial charge in [0.1, 0.15) is 17.8 Å². The minimum Gasteiger partial charge on any atom is -0.497 e. The van der Waals surface area contributed by atoms with Gasteiger partial charge in [-0.05, 0) is 118 Å². The highest BCUT2D eigenvalue weighted by atomic mass is 16.5. The molecule has 6 rings (SSSR count). The van der Waals surface area contributed by atoms with Crippen LogP contribution < -0.4 is 4.74 Å². The van der Waals surface area contributed by atoms with E-state index in [1.165, 1.54) is 19.3 Å². The summed E-state index contributed by atoms with van der Waals surface area (Å²) in [6.45, 7) is 5.55. The summed E-state index contributed by atoms with van der Waals surface area (Å²) < 4.78 is 12.8. The lowest BCUT2D eigenvalue weighted by molar-refractivity contribution is -0.163. The van der Waals surface area contributed by atoms with Gasteiger partial charge in [0, 0.05) is 25.7 Å². The number of nitrogens with zero attached hydrogens (tertiary/aromatic N) is 3. The summed E-state index contributed by atoms with van der Waals surface area (Å²) in [5.74, 6) is 3.69. The minimum atomic E-state index is -0.530. The van der Waals surface area contributed by atoms with Crippen molar-refractivity contribution in [2.24, 2.45) is 40.4 Å². The number of hydrogen-bond donors (Lipinski definition) is 1. The van der Waals surface area contributed by atoms with E-state index in [0.29, 0.717) is 29.5 Å². The van der Waals surface area contributed by atoms with Crippen LogP contribution in [0.4, 0.5) is 0 Å². The van der Waals surface area contributed by atoms with Gasteiger partial charge < -0.3 is 14.6 Å². The Bertz CT molecular complexity index is 1190. The molecule has 2 aromatic rings. The van der Waals surface area contributed by atoms with Gasteiger partial charge in [0.15, 0.2) is 5.78 Å². The van der Waals surface area contributed by atoms with E-state index in [9.17, 15) is 9.90 Å². The second-order valence-electron chi connectivity index (χ2n) is 13.6. The summed E-state index contributed by atoms with van der Waals surface area (Å²) in [5.41, 5.74) is 1.45. The van der Waals surface area contributed by atoms with Crippen LogP contribution in [0.3, 0.4) is 0 Å². The number of Topliss-reactive ketones (excluding diaryl/α,β-unsaturated/α-hetero) is 1. The number of aromatic nitrogens is 3. The fraction of sp³-hybridized carbons (Fsp3) is 0.774. The smallest absolute Gasteiger partial charge is 0.157 e. The summed E-state index contributed by atoms with van der Waals surface area (Å²) in [6, 6.07) is 5.70. The molecule has 0 aliphatic heterocycles.